The first kappa shape index (κ1) is 12.2. The van der Waals surface area contributed by atoms with Crippen LogP contribution in [0.4, 0.5) is 0 Å². The van der Waals surface area contributed by atoms with Crippen molar-refractivity contribution >= 4 is 17.7 Å². The van der Waals surface area contributed by atoms with E-state index in [9.17, 15) is 9.90 Å². The minimum atomic E-state index is -0.468. The molecule has 0 aromatic carbocycles. The van der Waals surface area contributed by atoms with Crippen molar-refractivity contribution in [2.75, 3.05) is 31.5 Å². The average molecular weight is 246 g/mol. The molecule has 0 aliphatic carbocycles. The Morgan fingerprint density at radius 3 is 2.88 bits per heavy atom. The van der Waals surface area contributed by atoms with E-state index in [2.05, 4.69) is 10.6 Å². The van der Waals surface area contributed by atoms with Crippen LogP contribution in [0, 0.1) is 0 Å². The largest absolute Gasteiger partial charge is 0.394 e. The summed E-state index contributed by atoms with van der Waals surface area (Å²) in [5.74, 6) is 1.64. The second-order valence-corrected chi connectivity index (χ2v) is 5.34. The first-order valence-corrected chi connectivity index (χ1v) is 6.73. The van der Waals surface area contributed by atoms with Crippen LogP contribution in [0.1, 0.15) is 12.8 Å². The number of rotatable bonds is 3. The van der Waals surface area contributed by atoms with E-state index in [0.29, 0.717) is 26.1 Å². The molecule has 3 N–H and O–H groups in total. The Morgan fingerprint density at radius 2 is 2.31 bits per heavy atom. The third-order valence-electron chi connectivity index (χ3n) is 3.17. The summed E-state index contributed by atoms with van der Waals surface area (Å²) >= 11 is 1.72. The second-order valence-electron chi connectivity index (χ2n) is 4.31. The van der Waals surface area contributed by atoms with E-state index in [0.717, 1.165) is 11.6 Å². The molecule has 2 heterocycles. The Morgan fingerprint density at radius 1 is 1.56 bits per heavy atom. The monoisotopic (exact) mass is 246 g/mol. The number of nitrogens with one attached hydrogen (secondary N) is 2. The lowest BCUT2D eigenvalue weighted by atomic mass is 9.90. The fourth-order valence-corrected chi connectivity index (χ4v) is 2.94. The van der Waals surface area contributed by atoms with E-state index in [1.807, 2.05) is 0 Å². The molecule has 0 aromatic rings. The number of ether oxygens (including phenoxy) is 1. The summed E-state index contributed by atoms with van der Waals surface area (Å²) in [5, 5.41) is 15.5. The fraction of sp³-hybridized carbons (Fsp3) is 0.900. The minimum Gasteiger partial charge on any atom is -0.394 e. The SMILES string of the molecule is O=C(NC1(CO)CCOCC1)C1CSCN1. The molecule has 1 unspecified atom stereocenters. The van der Waals surface area contributed by atoms with Gasteiger partial charge in [-0.15, -0.1) is 11.8 Å². The molecule has 2 aliphatic rings. The molecule has 0 spiro atoms. The van der Waals surface area contributed by atoms with Crippen molar-refractivity contribution in [3.63, 3.8) is 0 Å². The molecular weight excluding hydrogens is 228 g/mol. The molecule has 2 saturated heterocycles. The summed E-state index contributed by atoms with van der Waals surface area (Å²) in [6, 6.07) is -0.115. The Bertz CT molecular complexity index is 250. The zero-order chi connectivity index (χ0) is 11.4. The lowest BCUT2D eigenvalue weighted by Crippen LogP contribution is -2.58. The van der Waals surface area contributed by atoms with Gasteiger partial charge in [0.2, 0.25) is 5.91 Å². The van der Waals surface area contributed by atoms with E-state index < -0.39 is 5.54 Å². The highest BCUT2D eigenvalue weighted by Gasteiger charge is 2.35. The van der Waals surface area contributed by atoms with Crippen molar-refractivity contribution in [1.82, 2.24) is 10.6 Å². The molecule has 6 heteroatoms. The van der Waals surface area contributed by atoms with Gasteiger partial charge in [0.25, 0.3) is 0 Å². The molecular formula is C10H18N2O3S. The Hall–Kier alpha value is -0.300. The summed E-state index contributed by atoms with van der Waals surface area (Å²) in [6.45, 7) is 1.20. The summed E-state index contributed by atoms with van der Waals surface area (Å²) in [4.78, 5) is 11.9. The number of carbonyl (C=O) groups is 1. The Labute approximate surface area is 99.3 Å². The third kappa shape index (κ3) is 2.68. The number of hydrogen-bond acceptors (Lipinski definition) is 5. The van der Waals surface area contributed by atoms with Crippen molar-refractivity contribution in [2.45, 2.75) is 24.4 Å². The Kier molecular flexibility index (Phi) is 4.07. The molecule has 1 atom stereocenters. The molecule has 5 nitrogen and oxygen atoms in total. The average Bonchev–Trinajstić information content (AvgIpc) is 2.84. The van der Waals surface area contributed by atoms with Gasteiger partial charge in [-0.3, -0.25) is 10.1 Å². The van der Waals surface area contributed by atoms with E-state index in [-0.39, 0.29) is 18.6 Å². The highest BCUT2D eigenvalue weighted by molar-refractivity contribution is 7.99. The molecule has 2 aliphatic heterocycles. The van der Waals surface area contributed by atoms with Crippen LogP contribution in [0.2, 0.25) is 0 Å². The van der Waals surface area contributed by atoms with Crippen molar-refractivity contribution in [3.05, 3.63) is 0 Å². The maximum Gasteiger partial charge on any atom is 0.238 e. The van der Waals surface area contributed by atoms with Gasteiger partial charge in [-0.1, -0.05) is 0 Å². The molecule has 92 valence electrons. The predicted molar refractivity (Wildman–Crippen MR) is 62.3 cm³/mol. The maximum absolute atomic E-state index is 11.9. The number of carbonyl (C=O) groups excluding carboxylic acids is 1. The number of aliphatic hydroxyl groups excluding tert-OH is 1. The van der Waals surface area contributed by atoms with Gasteiger partial charge in [0, 0.05) is 24.8 Å². The normalized spacial score (nSPS) is 28.9. The van der Waals surface area contributed by atoms with E-state index in [4.69, 9.17) is 4.74 Å². The van der Waals surface area contributed by atoms with Gasteiger partial charge in [-0.05, 0) is 12.8 Å². The topological polar surface area (TPSA) is 70.6 Å². The van der Waals surface area contributed by atoms with Crippen LogP contribution < -0.4 is 10.6 Å². The maximum atomic E-state index is 11.9. The molecule has 0 bridgehead atoms. The smallest absolute Gasteiger partial charge is 0.238 e. The van der Waals surface area contributed by atoms with Gasteiger partial charge in [-0.2, -0.15) is 0 Å². The number of aliphatic hydroxyl groups is 1. The Balaban J connectivity index is 1.91. The van der Waals surface area contributed by atoms with Gasteiger partial charge in [0.15, 0.2) is 0 Å². The molecule has 0 aromatic heterocycles. The minimum absolute atomic E-state index is 0.000880. The van der Waals surface area contributed by atoms with Gasteiger partial charge >= 0.3 is 0 Å². The summed E-state index contributed by atoms with van der Waals surface area (Å²) < 4.78 is 5.25. The lowest BCUT2D eigenvalue weighted by Gasteiger charge is -2.37. The van der Waals surface area contributed by atoms with Crippen LogP contribution in [0.5, 0.6) is 0 Å². The summed E-state index contributed by atoms with van der Waals surface area (Å²) in [6.07, 6.45) is 1.38. The van der Waals surface area contributed by atoms with Crippen molar-refractivity contribution in [1.29, 1.82) is 0 Å². The standard InChI is InChI=1S/C10H18N2O3S/c13-6-10(1-3-15-4-2-10)12-9(14)8-5-16-7-11-8/h8,11,13H,1-7H2,(H,12,14). The first-order valence-electron chi connectivity index (χ1n) is 5.57. The zero-order valence-corrected chi connectivity index (χ0v) is 10.0. The molecule has 2 rings (SSSR count). The van der Waals surface area contributed by atoms with Crippen LogP contribution in [0.15, 0.2) is 0 Å². The van der Waals surface area contributed by atoms with Crippen LogP contribution >= 0.6 is 11.8 Å². The zero-order valence-electron chi connectivity index (χ0n) is 9.20. The van der Waals surface area contributed by atoms with Crippen LogP contribution in [0.3, 0.4) is 0 Å². The number of thioether (sulfide) groups is 1. The summed E-state index contributed by atoms with van der Waals surface area (Å²) in [7, 11) is 0. The van der Waals surface area contributed by atoms with Crippen molar-refractivity contribution in [3.8, 4) is 0 Å². The van der Waals surface area contributed by atoms with Gasteiger partial charge in [0.1, 0.15) is 0 Å². The van der Waals surface area contributed by atoms with E-state index in [1.165, 1.54) is 0 Å². The first-order chi connectivity index (χ1) is 7.76. The summed E-state index contributed by atoms with van der Waals surface area (Å²) in [5.41, 5.74) is -0.468. The third-order valence-corrected chi connectivity index (χ3v) is 4.11. The molecule has 1 amide bonds. The van der Waals surface area contributed by atoms with Crippen molar-refractivity contribution < 1.29 is 14.6 Å². The fourth-order valence-electron chi connectivity index (χ4n) is 2.00. The van der Waals surface area contributed by atoms with E-state index in [1.54, 1.807) is 11.8 Å². The predicted octanol–water partition coefficient (Wildman–Crippen LogP) is -0.693. The lowest BCUT2D eigenvalue weighted by molar-refractivity contribution is -0.126. The molecule has 16 heavy (non-hydrogen) atoms. The van der Waals surface area contributed by atoms with Gasteiger partial charge < -0.3 is 15.2 Å². The number of amides is 1. The highest BCUT2D eigenvalue weighted by atomic mass is 32.2. The van der Waals surface area contributed by atoms with Crippen LogP contribution in [0.25, 0.3) is 0 Å². The second kappa shape index (κ2) is 5.35. The van der Waals surface area contributed by atoms with Crippen LogP contribution in [-0.2, 0) is 9.53 Å². The van der Waals surface area contributed by atoms with Crippen molar-refractivity contribution in [2.24, 2.45) is 0 Å². The quantitative estimate of drug-likeness (QED) is 0.615. The number of hydrogen-bond donors (Lipinski definition) is 3. The van der Waals surface area contributed by atoms with Gasteiger partial charge in [0.05, 0.1) is 18.2 Å². The molecule has 2 fully saturated rings. The van der Waals surface area contributed by atoms with E-state index >= 15 is 0 Å². The molecule has 0 radical (unpaired) electrons. The highest BCUT2D eigenvalue weighted by Crippen LogP contribution is 2.21. The molecule has 0 saturated carbocycles. The van der Waals surface area contributed by atoms with Gasteiger partial charge in [-0.25, -0.2) is 0 Å². The van der Waals surface area contributed by atoms with Crippen LogP contribution in [-0.4, -0.2) is 54.0 Å².